The van der Waals surface area contributed by atoms with Gasteiger partial charge in [-0.2, -0.15) is 0 Å². The van der Waals surface area contributed by atoms with Crippen LogP contribution in [0.3, 0.4) is 0 Å². The molecule has 0 radical (unpaired) electrons. The first-order chi connectivity index (χ1) is 28.1. The van der Waals surface area contributed by atoms with Gasteiger partial charge in [0.1, 0.15) is 46.3 Å². The maximum atomic E-state index is 13.5. The highest BCUT2D eigenvalue weighted by Gasteiger charge is 2.41. The van der Waals surface area contributed by atoms with E-state index in [4.69, 9.17) is 37.9 Å². The van der Waals surface area contributed by atoms with E-state index in [1.165, 1.54) is 0 Å². The fourth-order valence-electron chi connectivity index (χ4n) is 6.79. The van der Waals surface area contributed by atoms with E-state index in [0.29, 0.717) is 46.4 Å². The van der Waals surface area contributed by atoms with Crippen molar-refractivity contribution in [3.63, 3.8) is 0 Å². The van der Waals surface area contributed by atoms with Gasteiger partial charge >= 0.3 is 24.6 Å². The standard InChI is InChI=1S/C51H80O12/c1-24-49(18,19)33-27-38(58-42(54)62-47(12,13)14)34(28-37(33)57-41(53)61-46(9,10)11)51(22,23)31(2)29-50(20,21)36-26-32(30-56-40(52)60-45(6,7)8)25-35(44(3,4)5)39(36)59-43(55)63-48(15,16)17/h25-28,31H,24,29-30H2,1-23H3. The normalized spacial score (nSPS) is 13.7. The summed E-state index contributed by atoms with van der Waals surface area (Å²) in [5.41, 5.74) is -2.48. The molecule has 0 aliphatic rings. The first-order valence-corrected chi connectivity index (χ1v) is 22.0. The average Bonchev–Trinajstić information content (AvgIpc) is 3.03. The predicted octanol–water partition coefficient (Wildman–Crippen LogP) is 14.3. The largest absolute Gasteiger partial charge is 0.514 e. The molecule has 0 saturated heterocycles. The topological polar surface area (TPSA) is 142 Å². The van der Waals surface area contributed by atoms with E-state index in [1.54, 1.807) is 95.2 Å². The maximum Gasteiger partial charge on any atom is 0.514 e. The highest BCUT2D eigenvalue weighted by molar-refractivity contribution is 5.70. The third kappa shape index (κ3) is 16.9. The Kier molecular flexibility index (Phi) is 16.8. The van der Waals surface area contributed by atoms with Crippen molar-refractivity contribution in [3.8, 4) is 17.2 Å². The highest BCUT2D eigenvalue weighted by atomic mass is 16.7. The summed E-state index contributed by atoms with van der Waals surface area (Å²) >= 11 is 0. The number of benzene rings is 2. The molecular weight excluding hydrogens is 805 g/mol. The van der Waals surface area contributed by atoms with Crippen molar-refractivity contribution in [1.29, 1.82) is 0 Å². The summed E-state index contributed by atoms with van der Waals surface area (Å²) in [5, 5.41) is 0. The summed E-state index contributed by atoms with van der Waals surface area (Å²) in [6, 6.07) is 7.30. The molecule has 0 heterocycles. The molecule has 0 amide bonds. The van der Waals surface area contributed by atoms with Crippen LogP contribution in [0.25, 0.3) is 0 Å². The second kappa shape index (κ2) is 19.3. The van der Waals surface area contributed by atoms with E-state index in [9.17, 15) is 19.2 Å². The number of carbonyl (C=O) groups is 4. The van der Waals surface area contributed by atoms with Crippen LogP contribution in [-0.2, 0) is 52.0 Å². The SMILES string of the molecule is CCC(C)(C)c1cc(OC(=O)OC(C)(C)C)c(C(C)(C)C(C)CC(C)(C)c2cc(COC(=O)OC(C)(C)C)cc(C(C)(C)C)c2OC(=O)OC(C)(C)C)cc1OC(=O)OC(C)(C)C. The van der Waals surface area contributed by atoms with Gasteiger partial charge in [-0.25, -0.2) is 19.2 Å². The summed E-state index contributed by atoms with van der Waals surface area (Å²) in [6.07, 6.45) is -2.25. The minimum atomic E-state index is -0.877. The van der Waals surface area contributed by atoms with E-state index in [1.807, 2.05) is 67.5 Å². The summed E-state index contributed by atoms with van der Waals surface area (Å²) in [7, 11) is 0. The van der Waals surface area contributed by atoms with Gasteiger partial charge in [-0.3, -0.25) is 0 Å². The lowest BCUT2D eigenvalue weighted by Crippen LogP contribution is -2.35. The van der Waals surface area contributed by atoms with Gasteiger partial charge in [-0.05, 0) is 153 Å². The van der Waals surface area contributed by atoms with Crippen molar-refractivity contribution in [2.24, 2.45) is 5.92 Å². The lowest BCUT2D eigenvalue weighted by molar-refractivity contribution is -0.0109. The molecule has 12 heteroatoms. The quantitative estimate of drug-likeness (QED) is 0.114. The smallest absolute Gasteiger partial charge is 0.429 e. The number of ether oxygens (including phenoxy) is 8. The van der Waals surface area contributed by atoms with Crippen molar-refractivity contribution in [2.75, 3.05) is 0 Å². The average molecular weight is 885 g/mol. The van der Waals surface area contributed by atoms with Crippen molar-refractivity contribution >= 4 is 24.6 Å². The zero-order chi connectivity index (χ0) is 49.1. The van der Waals surface area contributed by atoms with Gasteiger partial charge in [-0.1, -0.05) is 76.2 Å². The molecule has 0 aliphatic carbocycles. The third-order valence-electron chi connectivity index (χ3n) is 10.6. The summed E-state index contributed by atoms with van der Waals surface area (Å²) in [4.78, 5) is 52.9. The Morgan fingerprint density at radius 2 is 0.857 bits per heavy atom. The molecule has 2 rings (SSSR count). The number of hydrogen-bond acceptors (Lipinski definition) is 12. The van der Waals surface area contributed by atoms with Crippen LogP contribution in [0.4, 0.5) is 19.2 Å². The van der Waals surface area contributed by atoms with Crippen molar-refractivity contribution in [2.45, 2.75) is 223 Å². The second-order valence-electron chi connectivity index (χ2n) is 23.5. The van der Waals surface area contributed by atoms with Gasteiger partial charge in [0.2, 0.25) is 0 Å². The highest BCUT2D eigenvalue weighted by Crippen LogP contribution is 2.50. The van der Waals surface area contributed by atoms with Crippen LogP contribution in [0.2, 0.25) is 0 Å². The molecule has 0 aliphatic heterocycles. The van der Waals surface area contributed by atoms with Crippen molar-refractivity contribution < 1.29 is 57.1 Å². The van der Waals surface area contributed by atoms with Crippen LogP contribution >= 0.6 is 0 Å². The monoisotopic (exact) mass is 885 g/mol. The molecule has 1 atom stereocenters. The molecule has 0 aromatic heterocycles. The second-order valence-corrected chi connectivity index (χ2v) is 23.5. The fraction of sp³-hybridized carbons (Fsp3) is 0.686. The number of carbonyl (C=O) groups excluding carboxylic acids is 4. The Balaban J connectivity index is 2.95. The Morgan fingerprint density at radius 1 is 0.476 bits per heavy atom. The van der Waals surface area contributed by atoms with Gasteiger partial charge in [0.15, 0.2) is 0 Å². The Bertz CT molecular complexity index is 1950. The number of rotatable bonds is 12. The molecule has 0 fully saturated rings. The van der Waals surface area contributed by atoms with Crippen LogP contribution < -0.4 is 14.2 Å². The summed E-state index contributed by atoms with van der Waals surface area (Å²) < 4.78 is 46.2. The number of hydrogen-bond donors (Lipinski definition) is 0. The van der Waals surface area contributed by atoms with Crippen LogP contribution in [0.1, 0.15) is 200 Å². The first kappa shape index (κ1) is 54.7. The van der Waals surface area contributed by atoms with Crippen LogP contribution in [0.5, 0.6) is 17.2 Å². The van der Waals surface area contributed by atoms with E-state index < -0.39 is 68.7 Å². The maximum absolute atomic E-state index is 13.5. The zero-order valence-electron chi connectivity index (χ0n) is 42.9. The van der Waals surface area contributed by atoms with Gasteiger partial charge < -0.3 is 37.9 Å². The van der Waals surface area contributed by atoms with E-state index in [0.717, 1.165) is 0 Å². The molecule has 63 heavy (non-hydrogen) atoms. The summed E-state index contributed by atoms with van der Waals surface area (Å²) in [6.45, 7) is 43.5. The third-order valence-corrected chi connectivity index (χ3v) is 10.6. The molecular formula is C51H80O12. The van der Waals surface area contributed by atoms with Crippen LogP contribution in [0, 0.1) is 5.92 Å². The Morgan fingerprint density at radius 3 is 1.27 bits per heavy atom. The molecule has 2 aromatic carbocycles. The van der Waals surface area contributed by atoms with E-state index in [-0.39, 0.29) is 24.0 Å². The minimum Gasteiger partial charge on any atom is -0.429 e. The summed E-state index contributed by atoms with van der Waals surface area (Å²) in [5.74, 6) is 0.683. The molecule has 12 nitrogen and oxygen atoms in total. The molecule has 0 saturated carbocycles. The first-order valence-electron chi connectivity index (χ1n) is 22.0. The molecule has 1 unspecified atom stereocenters. The minimum absolute atomic E-state index is 0.0961. The fourth-order valence-corrected chi connectivity index (χ4v) is 6.79. The van der Waals surface area contributed by atoms with Gasteiger partial charge in [0.25, 0.3) is 0 Å². The predicted molar refractivity (Wildman–Crippen MR) is 246 cm³/mol. The molecule has 0 N–H and O–H groups in total. The van der Waals surface area contributed by atoms with Gasteiger partial charge in [-0.15, -0.1) is 0 Å². The van der Waals surface area contributed by atoms with Crippen molar-refractivity contribution in [1.82, 2.24) is 0 Å². The Hall–Kier alpha value is -4.48. The van der Waals surface area contributed by atoms with Gasteiger partial charge in [0, 0.05) is 22.3 Å². The van der Waals surface area contributed by atoms with Crippen LogP contribution in [0.15, 0.2) is 24.3 Å². The van der Waals surface area contributed by atoms with E-state index in [2.05, 4.69) is 20.8 Å². The lowest BCUT2D eigenvalue weighted by Gasteiger charge is -2.40. The molecule has 356 valence electrons. The molecule has 0 bridgehead atoms. The van der Waals surface area contributed by atoms with Gasteiger partial charge in [0.05, 0.1) is 0 Å². The van der Waals surface area contributed by atoms with E-state index >= 15 is 0 Å². The molecule has 2 aromatic rings. The Labute approximate surface area is 378 Å². The van der Waals surface area contributed by atoms with Crippen molar-refractivity contribution in [3.05, 3.63) is 52.1 Å². The van der Waals surface area contributed by atoms with Crippen LogP contribution in [-0.4, -0.2) is 47.0 Å². The zero-order valence-corrected chi connectivity index (χ0v) is 42.9. The lowest BCUT2D eigenvalue weighted by atomic mass is 9.65. The molecule has 0 spiro atoms.